The number of ether oxygens (including phenoxy) is 2. The van der Waals surface area contributed by atoms with Crippen LogP contribution in [0.15, 0.2) is 0 Å². The molecule has 0 aliphatic heterocycles. The second kappa shape index (κ2) is 8.08. The molecule has 0 bridgehead atoms. The lowest BCUT2D eigenvalue weighted by molar-refractivity contribution is -0.152. The van der Waals surface area contributed by atoms with Crippen molar-refractivity contribution in [1.82, 2.24) is 0 Å². The first-order chi connectivity index (χ1) is 7.96. The Balaban J connectivity index is 3.97. The maximum absolute atomic E-state index is 11.6. The van der Waals surface area contributed by atoms with E-state index < -0.39 is 11.4 Å². The Morgan fingerprint density at radius 1 is 1.41 bits per heavy atom. The number of rotatable bonds is 8. The fraction of sp³-hybridized carbons (Fsp3) is 0.846. The molecule has 0 aliphatic carbocycles. The van der Waals surface area contributed by atoms with Crippen molar-refractivity contribution in [2.45, 2.75) is 40.5 Å². The van der Waals surface area contributed by atoms with Crippen LogP contribution in [0.25, 0.3) is 0 Å². The fourth-order valence-corrected chi connectivity index (χ4v) is 1.19. The third-order valence-corrected chi connectivity index (χ3v) is 2.56. The van der Waals surface area contributed by atoms with Gasteiger partial charge in [-0.2, -0.15) is 5.26 Å². The predicted octanol–water partition coefficient (Wildman–Crippen LogP) is 2.53. The summed E-state index contributed by atoms with van der Waals surface area (Å²) >= 11 is 0. The van der Waals surface area contributed by atoms with E-state index in [-0.39, 0.29) is 0 Å². The highest BCUT2D eigenvalue weighted by Crippen LogP contribution is 2.22. The number of nitrogens with zero attached hydrogens (tertiary/aromatic N) is 1. The molecule has 17 heavy (non-hydrogen) atoms. The highest BCUT2D eigenvalue weighted by molar-refractivity contribution is 5.79. The Hall–Kier alpha value is -1.08. The average molecular weight is 241 g/mol. The van der Waals surface area contributed by atoms with E-state index in [1.54, 1.807) is 13.8 Å². The van der Waals surface area contributed by atoms with Crippen LogP contribution in [0.5, 0.6) is 0 Å². The van der Waals surface area contributed by atoms with E-state index in [1.165, 1.54) is 0 Å². The summed E-state index contributed by atoms with van der Waals surface area (Å²) in [4.78, 5) is 11.6. The van der Waals surface area contributed by atoms with Gasteiger partial charge >= 0.3 is 5.97 Å². The first kappa shape index (κ1) is 15.9. The van der Waals surface area contributed by atoms with Crippen molar-refractivity contribution in [3.8, 4) is 6.07 Å². The van der Waals surface area contributed by atoms with Crippen molar-refractivity contribution in [2.75, 3.05) is 19.8 Å². The number of nitriles is 1. The van der Waals surface area contributed by atoms with Crippen molar-refractivity contribution in [3.63, 3.8) is 0 Å². The van der Waals surface area contributed by atoms with Crippen LogP contribution < -0.4 is 0 Å². The van der Waals surface area contributed by atoms with E-state index in [0.717, 1.165) is 6.42 Å². The molecule has 0 aliphatic rings. The zero-order valence-electron chi connectivity index (χ0n) is 11.3. The lowest BCUT2D eigenvalue weighted by Crippen LogP contribution is -2.30. The lowest BCUT2D eigenvalue weighted by atomic mass is 9.89. The van der Waals surface area contributed by atoms with Crippen LogP contribution in [-0.4, -0.2) is 25.8 Å². The third kappa shape index (κ3) is 6.28. The molecule has 0 N–H and O–H groups in total. The Morgan fingerprint density at radius 3 is 2.53 bits per heavy atom. The standard InChI is InChI=1S/C13H23NO3/c1-5-17-12(15)13(4,10-14)7-9-16-8-6-11(2)3/h11H,5-9H2,1-4H3. The Bertz CT molecular complexity index is 270. The molecule has 0 saturated heterocycles. The second-order valence-corrected chi connectivity index (χ2v) is 4.71. The minimum absolute atomic E-state index is 0.296. The number of hydrogen-bond acceptors (Lipinski definition) is 4. The van der Waals surface area contributed by atoms with E-state index in [2.05, 4.69) is 13.8 Å². The van der Waals surface area contributed by atoms with Crippen molar-refractivity contribution in [3.05, 3.63) is 0 Å². The van der Waals surface area contributed by atoms with Crippen LogP contribution in [0.3, 0.4) is 0 Å². The summed E-state index contributed by atoms with van der Waals surface area (Å²) in [6.45, 7) is 8.95. The van der Waals surface area contributed by atoms with Crippen LogP contribution in [-0.2, 0) is 14.3 Å². The number of esters is 1. The van der Waals surface area contributed by atoms with Crippen LogP contribution in [0.1, 0.15) is 40.5 Å². The molecule has 0 rings (SSSR count). The van der Waals surface area contributed by atoms with E-state index in [9.17, 15) is 4.79 Å². The molecule has 1 unspecified atom stereocenters. The molecule has 0 amide bonds. The molecule has 0 radical (unpaired) electrons. The molecule has 0 fully saturated rings. The van der Waals surface area contributed by atoms with Crippen molar-refractivity contribution >= 4 is 5.97 Å². The van der Waals surface area contributed by atoms with E-state index in [4.69, 9.17) is 14.7 Å². The van der Waals surface area contributed by atoms with Gasteiger partial charge in [-0.1, -0.05) is 13.8 Å². The molecule has 0 aromatic rings. The van der Waals surface area contributed by atoms with Gasteiger partial charge in [-0.25, -0.2) is 0 Å². The van der Waals surface area contributed by atoms with Crippen LogP contribution in [0.4, 0.5) is 0 Å². The number of carbonyl (C=O) groups excluding carboxylic acids is 1. The molecular weight excluding hydrogens is 218 g/mol. The topological polar surface area (TPSA) is 59.3 Å². The largest absolute Gasteiger partial charge is 0.465 e. The van der Waals surface area contributed by atoms with Gasteiger partial charge in [0.2, 0.25) is 0 Å². The van der Waals surface area contributed by atoms with Crippen molar-refractivity contribution in [2.24, 2.45) is 11.3 Å². The first-order valence-electron chi connectivity index (χ1n) is 6.12. The highest BCUT2D eigenvalue weighted by atomic mass is 16.5. The van der Waals surface area contributed by atoms with E-state index in [1.807, 2.05) is 6.07 Å². The van der Waals surface area contributed by atoms with E-state index >= 15 is 0 Å². The van der Waals surface area contributed by atoms with Crippen LogP contribution in [0.2, 0.25) is 0 Å². The minimum atomic E-state index is -1.09. The quantitative estimate of drug-likeness (QED) is 0.484. The lowest BCUT2D eigenvalue weighted by Gasteiger charge is -2.19. The van der Waals surface area contributed by atoms with Gasteiger partial charge in [-0.05, 0) is 32.6 Å². The Morgan fingerprint density at radius 2 is 2.06 bits per heavy atom. The number of carbonyl (C=O) groups is 1. The van der Waals surface area contributed by atoms with Gasteiger partial charge in [-0.3, -0.25) is 4.79 Å². The van der Waals surface area contributed by atoms with Gasteiger partial charge in [0.1, 0.15) is 0 Å². The molecule has 0 aromatic heterocycles. The first-order valence-corrected chi connectivity index (χ1v) is 6.12. The summed E-state index contributed by atoms with van der Waals surface area (Å²) in [5, 5.41) is 9.02. The van der Waals surface area contributed by atoms with Gasteiger partial charge in [0.25, 0.3) is 0 Å². The molecule has 0 spiro atoms. The summed E-state index contributed by atoms with van der Waals surface area (Å²) < 4.78 is 10.3. The summed E-state index contributed by atoms with van der Waals surface area (Å²) in [5.74, 6) is 0.136. The van der Waals surface area contributed by atoms with Crippen molar-refractivity contribution in [1.29, 1.82) is 5.26 Å². The average Bonchev–Trinajstić information content (AvgIpc) is 2.28. The second-order valence-electron chi connectivity index (χ2n) is 4.71. The van der Waals surface area contributed by atoms with Crippen LogP contribution >= 0.6 is 0 Å². The van der Waals surface area contributed by atoms with Gasteiger partial charge in [-0.15, -0.1) is 0 Å². The van der Waals surface area contributed by atoms with Gasteiger partial charge < -0.3 is 9.47 Å². The van der Waals surface area contributed by atoms with Crippen molar-refractivity contribution < 1.29 is 14.3 Å². The predicted molar refractivity (Wildman–Crippen MR) is 65.2 cm³/mol. The normalized spacial score (nSPS) is 14.1. The number of hydrogen-bond donors (Lipinski definition) is 0. The molecule has 0 heterocycles. The smallest absolute Gasteiger partial charge is 0.326 e. The molecule has 4 heteroatoms. The third-order valence-electron chi connectivity index (χ3n) is 2.56. The van der Waals surface area contributed by atoms with Crippen LogP contribution in [0, 0.1) is 22.7 Å². The van der Waals surface area contributed by atoms with Gasteiger partial charge in [0, 0.05) is 13.2 Å². The molecule has 98 valence electrons. The summed E-state index contributed by atoms with van der Waals surface area (Å²) in [5.41, 5.74) is -1.09. The maximum Gasteiger partial charge on any atom is 0.326 e. The molecule has 1 atom stereocenters. The zero-order valence-corrected chi connectivity index (χ0v) is 11.3. The van der Waals surface area contributed by atoms with E-state index in [0.29, 0.717) is 32.2 Å². The minimum Gasteiger partial charge on any atom is -0.465 e. The summed E-state index contributed by atoms with van der Waals surface area (Å²) in [6, 6.07) is 2.01. The molecule has 0 saturated carbocycles. The van der Waals surface area contributed by atoms with Gasteiger partial charge in [0.15, 0.2) is 5.41 Å². The summed E-state index contributed by atoms with van der Waals surface area (Å²) in [7, 11) is 0. The summed E-state index contributed by atoms with van der Waals surface area (Å²) in [6.07, 6.45) is 1.36. The maximum atomic E-state index is 11.6. The fourth-order valence-electron chi connectivity index (χ4n) is 1.19. The molecule has 0 aromatic carbocycles. The van der Waals surface area contributed by atoms with Gasteiger partial charge in [0.05, 0.1) is 12.7 Å². The molecule has 4 nitrogen and oxygen atoms in total. The SMILES string of the molecule is CCOC(=O)C(C)(C#N)CCOCCC(C)C. The Labute approximate surface area is 104 Å². The molecular formula is C13H23NO3. The zero-order chi connectivity index (χ0) is 13.3. The highest BCUT2D eigenvalue weighted by Gasteiger charge is 2.34. The monoisotopic (exact) mass is 241 g/mol. The Kier molecular flexibility index (Phi) is 7.56.